The van der Waals surface area contributed by atoms with Crippen molar-refractivity contribution in [1.82, 2.24) is 0 Å². The molecule has 2 aromatic rings. The number of hydrogen-bond donors (Lipinski definition) is 2. The summed E-state index contributed by atoms with van der Waals surface area (Å²) >= 11 is 5.97. The van der Waals surface area contributed by atoms with E-state index < -0.39 is 5.60 Å². The van der Waals surface area contributed by atoms with Gasteiger partial charge in [0.1, 0.15) is 6.54 Å². The Labute approximate surface area is 143 Å². The van der Waals surface area contributed by atoms with Crippen molar-refractivity contribution >= 4 is 11.6 Å². The summed E-state index contributed by atoms with van der Waals surface area (Å²) in [6, 6.07) is 16.8. The second-order valence-electron chi connectivity index (χ2n) is 5.52. The zero-order valence-corrected chi connectivity index (χ0v) is 14.4. The van der Waals surface area contributed by atoms with E-state index in [0.29, 0.717) is 5.02 Å². The predicted octanol–water partition coefficient (Wildman–Crippen LogP) is 2.50. The normalized spacial score (nSPS) is 13.3. The Morgan fingerprint density at radius 2 is 1.52 bits per heavy atom. The zero-order valence-electron chi connectivity index (χ0n) is 13.6. The standard InChI is InChI=1S/C20H22ClNO/c1-3-22(4-2)16-8-15-20(23,17-9-6-5-7-10-17)18-11-13-19(21)14-12-18/h5-7,9-14,23H,3-4,16H2,1-2H3/p+1/t20-/m1/s1. The van der Waals surface area contributed by atoms with Gasteiger partial charge in [0.2, 0.25) is 0 Å². The molecule has 0 radical (unpaired) electrons. The molecule has 0 saturated carbocycles. The van der Waals surface area contributed by atoms with Crippen LogP contribution in [-0.2, 0) is 5.60 Å². The average Bonchev–Trinajstić information content (AvgIpc) is 2.60. The molecule has 23 heavy (non-hydrogen) atoms. The molecule has 120 valence electrons. The van der Waals surface area contributed by atoms with Crippen molar-refractivity contribution in [3.05, 3.63) is 70.7 Å². The maximum absolute atomic E-state index is 11.3. The highest BCUT2D eigenvalue weighted by molar-refractivity contribution is 6.30. The summed E-state index contributed by atoms with van der Waals surface area (Å²) in [5, 5.41) is 11.9. The quantitative estimate of drug-likeness (QED) is 0.810. The Morgan fingerprint density at radius 1 is 0.957 bits per heavy atom. The first-order valence-electron chi connectivity index (χ1n) is 7.97. The summed E-state index contributed by atoms with van der Waals surface area (Å²) in [5.74, 6) is 6.26. The molecule has 2 rings (SSSR count). The smallest absolute Gasteiger partial charge is 0.177 e. The summed E-state index contributed by atoms with van der Waals surface area (Å²) in [5.41, 5.74) is 0.179. The van der Waals surface area contributed by atoms with Gasteiger partial charge in [0.05, 0.1) is 13.1 Å². The number of aliphatic hydroxyl groups is 1. The van der Waals surface area contributed by atoms with Gasteiger partial charge in [0.15, 0.2) is 5.60 Å². The van der Waals surface area contributed by atoms with Crippen molar-refractivity contribution in [2.45, 2.75) is 19.4 Å². The third-order valence-electron chi connectivity index (χ3n) is 4.06. The first-order chi connectivity index (χ1) is 11.1. The molecule has 0 spiro atoms. The first kappa shape index (κ1) is 17.6. The molecular weight excluding hydrogens is 306 g/mol. The van der Waals surface area contributed by atoms with E-state index in [1.807, 2.05) is 42.5 Å². The highest BCUT2D eigenvalue weighted by atomic mass is 35.5. The van der Waals surface area contributed by atoms with E-state index >= 15 is 0 Å². The molecule has 0 aliphatic heterocycles. The molecule has 0 fully saturated rings. The summed E-state index contributed by atoms with van der Waals surface area (Å²) in [6.07, 6.45) is 0. The van der Waals surface area contributed by atoms with E-state index in [-0.39, 0.29) is 0 Å². The number of rotatable bonds is 5. The minimum Gasteiger partial charge on any atom is -0.369 e. The van der Waals surface area contributed by atoms with Crippen LogP contribution in [0.5, 0.6) is 0 Å². The predicted molar refractivity (Wildman–Crippen MR) is 95.6 cm³/mol. The fourth-order valence-corrected chi connectivity index (χ4v) is 2.60. The molecule has 0 aliphatic rings. The molecule has 0 heterocycles. The largest absolute Gasteiger partial charge is 0.369 e. The van der Waals surface area contributed by atoms with Gasteiger partial charge in [-0.1, -0.05) is 60.0 Å². The van der Waals surface area contributed by atoms with Gasteiger partial charge in [-0.25, -0.2) is 0 Å². The molecule has 0 bridgehead atoms. The lowest BCUT2D eigenvalue weighted by Gasteiger charge is -2.23. The van der Waals surface area contributed by atoms with Crippen molar-refractivity contribution in [3.63, 3.8) is 0 Å². The third kappa shape index (κ3) is 4.36. The summed E-state index contributed by atoms with van der Waals surface area (Å²) in [7, 11) is 0. The average molecular weight is 329 g/mol. The minimum absolute atomic E-state index is 0.643. The number of hydrogen-bond acceptors (Lipinski definition) is 1. The van der Waals surface area contributed by atoms with Crippen LogP contribution in [0.4, 0.5) is 0 Å². The van der Waals surface area contributed by atoms with Crippen LogP contribution in [0.25, 0.3) is 0 Å². The van der Waals surface area contributed by atoms with Crippen LogP contribution in [0.1, 0.15) is 25.0 Å². The maximum atomic E-state index is 11.3. The Hall–Kier alpha value is -1.79. The zero-order chi connectivity index (χ0) is 16.7. The van der Waals surface area contributed by atoms with Crippen LogP contribution in [0.3, 0.4) is 0 Å². The van der Waals surface area contributed by atoms with Gasteiger partial charge >= 0.3 is 0 Å². The molecule has 2 nitrogen and oxygen atoms in total. The molecule has 1 atom stereocenters. The van der Waals surface area contributed by atoms with Crippen molar-refractivity contribution in [1.29, 1.82) is 0 Å². The SMILES string of the molecule is CC[NH+](CC)CC#C[C@@](O)(c1ccccc1)c1ccc(Cl)cc1. The number of nitrogens with one attached hydrogen (secondary N) is 1. The van der Waals surface area contributed by atoms with Gasteiger partial charge in [-0.2, -0.15) is 0 Å². The number of halogens is 1. The van der Waals surface area contributed by atoms with Gasteiger partial charge in [0, 0.05) is 16.1 Å². The Balaban J connectivity index is 2.40. The first-order valence-corrected chi connectivity index (χ1v) is 8.35. The van der Waals surface area contributed by atoms with Gasteiger partial charge in [-0.15, -0.1) is 0 Å². The van der Waals surface area contributed by atoms with Crippen molar-refractivity contribution < 1.29 is 10.0 Å². The van der Waals surface area contributed by atoms with E-state index in [9.17, 15) is 5.11 Å². The lowest BCUT2D eigenvalue weighted by Crippen LogP contribution is -3.11. The van der Waals surface area contributed by atoms with E-state index in [2.05, 4.69) is 25.7 Å². The minimum atomic E-state index is -1.32. The van der Waals surface area contributed by atoms with Crippen LogP contribution in [0.2, 0.25) is 5.02 Å². The van der Waals surface area contributed by atoms with Gasteiger partial charge in [0.25, 0.3) is 0 Å². The number of quaternary nitrogens is 1. The van der Waals surface area contributed by atoms with Crippen LogP contribution in [-0.4, -0.2) is 24.7 Å². The molecule has 2 N–H and O–H groups in total. The second-order valence-corrected chi connectivity index (χ2v) is 5.96. The van der Waals surface area contributed by atoms with Crippen LogP contribution in [0, 0.1) is 11.8 Å². The Bertz CT molecular complexity index is 668. The molecule has 0 aromatic heterocycles. The summed E-state index contributed by atoms with van der Waals surface area (Å²) in [4.78, 5) is 1.39. The second kappa shape index (κ2) is 8.17. The van der Waals surface area contributed by atoms with E-state index in [1.54, 1.807) is 12.1 Å². The fraction of sp³-hybridized carbons (Fsp3) is 0.300. The Morgan fingerprint density at radius 3 is 2.09 bits per heavy atom. The molecule has 2 aromatic carbocycles. The highest BCUT2D eigenvalue weighted by Gasteiger charge is 2.29. The fourth-order valence-electron chi connectivity index (χ4n) is 2.48. The van der Waals surface area contributed by atoms with Gasteiger partial charge < -0.3 is 10.0 Å². The Kier molecular flexibility index (Phi) is 6.24. The van der Waals surface area contributed by atoms with E-state index in [0.717, 1.165) is 30.8 Å². The topological polar surface area (TPSA) is 24.7 Å². The molecule has 3 heteroatoms. The van der Waals surface area contributed by atoms with Crippen LogP contribution in [0.15, 0.2) is 54.6 Å². The molecule has 0 unspecified atom stereocenters. The monoisotopic (exact) mass is 328 g/mol. The summed E-state index contributed by atoms with van der Waals surface area (Å²) in [6.45, 7) is 7.05. The summed E-state index contributed by atoms with van der Waals surface area (Å²) < 4.78 is 0. The highest BCUT2D eigenvalue weighted by Crippen LogP contribution is 2.29. The van der Waals surface area contributed by atoms with Crippen molar-refractivity contribution in [2.24, 2.45) is 0 Å². The van der Waals surface area contributed by atoms with Crippen molar-refractivity contribution in [3.8, 4) is 11.8 Å². The molecule has 0 saturated heterocycles. The maximum Gasteiger partial charge on any atom is 0.177 e. The van der Waals surface area contributed by atoms with Crippen LogP contribution >= 0.6 is 11.6 Å². The van der Waals surface area contributed by atoms with E-state index in [4.69, 9.17) is 11.6 Å². The van der Waals surface area contributed by atoms with Crippen molar-refractivity contribution in [2.75, 3.05) is 19.6 Å². The molecular formula is C20H23ClNO+. The molecule has 0 amide bonds. The lowest BCUT2D eigenvalue weighted by atomic mass is 9.87. The van der Waals surface area contributed by atoms with Gasteiger partial charge in [-0.3, -0.25) is 0 Å². The lowest BCUT2D eigenvalue weighted by molar-refractivity contribution is -0.889. The third-order valence-corrected chi connectivity index (χ3v) is 4.31. The van der Waals surface area contributed by atoms with Gasteiger partial charge in [-0.05, 0) is 31.9 Å². The molecule has 0 aliphatic carbocycles. The van der Waals surface area contributed by atoms with E-state index in [1.165, 1.54) is 4.90 Å². The number of benzene rings is 2. The van der Waals surface area contributed by atoms with Crippen LogP contribution < -0.4 is 4.90 Å².